The maximum Gasteiger partial charge on any atom is 0.410 e. The molecule has 2 amide bonds. The number of ether oxygens (including phenoxy) is 1. The zero-order valence-electron chi connectivity index (χ0n) is 23.5. The average molecular weight is 584 g/mol. The molecule has 3 heterocycles. The molecule has 9 heteroatoms. The summed E-state index contributed by atoms with van der Waals surface area (Å²) in [5, 5.41) is 1.23. The van der Waals surface area contributed by atoms with E-state index in [1.807, 2.05) is 50.2 Å². The fraction of sp³-hybridized carbons (Fsp3) is 0.452. The van der Waals surface area contributed by atoms with Crippen LogP contribution in [0.5, 0.6) is 0 Å². The number of benzene rings is 2. The number of hydrogen-bond donors (Lipinski definition) is 0. The SMILES string of the molecule is C[C@H](c1ccc(Cl)cc1Cl)n1cnc2ccc(C3=CCN(C(=O)[C@H]4CCCCN4C(=O)OC(C)(C)C)CC3)cc21. The number of carbonyl (C=O) groups excluding carboxylic acids is 2. The van der Waals surface area contributed by atoms with Gasteiger partial charge in [-0.05, 0) is 94.3 Å². The van der Waals surface area contributed by atoms with E-state index >= 15 is 0 Å². The van der Waals surface area contributed by atoms with E-state index in [-0.39, 0.29) is 11.9 Å². The van der Waals surface area contributed by atoms with E-state index in [2.05, 4.69) is 34.7 Å². The molecule has 7 nitrogen and oxygen atoms in total. The summed E-state index contributed by atoms with van der Waals surface area (Å²) in [6.45, 7) is 9.31. The minimum absolute atomic E-state index is 0.00283. The number of fused-ring (bicyclic) bond motifs is 1. The molecule has 0 bridgehead atoms. The van der Waals surface area contributed by atoms with Crippen LogP contribution in [0.25, 0.3) is 16.6 Å². The van der Waals surface area contributed by atoms with Crippen molar-refractivity contribution in [2.45, 2.75) is 71.1 Å². The molecule has 1 saturated heterocycles. The van der Waals surface area contributed by atoms with Crippen LogP contribution in [0.4, 0.5) is 4.79 Å². The highest BCUT2D eigenvalue weighted by molar-refractivity contribution is 6.35. The first-order chi connectivity index (χ1) is 19.0. The van der Waals surface area contributed by atoms with E-state index in [4.69, 9.17) is 27.9 Å². The maximum absolute atomic E-state index is 13.5. The third kappa shape index (κ3) is 6.01. The smallest absolute Gasteiger partial charge is 0.410 e. The van der Waals surface area contributed by atoms with Gasteiger partial charge in [-0.25, -0.2) is 9.78 Å². The lowest BCUT2D eigenvalue weighted by Crippen LogP contribution is -2.54. The Morgan fingerprint density at radius 2 is 1.88 bits per heavy atom. The Hall–Kier alpha value is -3.03. The lowest BCUT2D eigenvalue weighted by molar-refractivity contribution is -0.137. The van der Waals surface area contributed by atoms with Gasteiger partial charge in [0.2, 0.25) is 5.91 Å². The van der Waals surface area contributed by atoms with Gasteiger partial charge < -0.3 is 14.2 Å². The first-order valence-electron chi connectivity index (χ1n) is 13.9. The first kappa shape index (κ1) is 28.5. The molecule has 3 aromatic rings. The molecule has 1 fully saturated rings. The quantitative estimate of drug-likeness (QED) is 0.322. The Kier molecular flexibility index (Phi) is 8.16. The maximum atomic E-state index is 13.5. The summed E-state index contributed by atoms with van der Waals surface area (Å²) in [4.78, 5) is 34.5. The second kappa shape index (κ2) is 11.5. The number of likely N-dealkylation sites (tertiary alicyclic amines) is 1. The molecule has 0 spiro atoms. The van der Waals surface area contributed by atoms with Crippen LogP contribution in [0.2, 0.25) is 10.0 Å². The molecule has 0 aliphatic carbocycles. The summed E-state index contributed by atoms with van der Waals surface area (Å²) in [5.41, 5.74) is 4.62. The lowest BCUT2D eigenvalue weighted by atomic mass is 9.97. The summed E-state index contributed by atoms with van der Waals surface area (Å²) in [6, 6.07) is 11.4. The molecule has 40 heavy (non-hydrogen) atoms. The monoisotopic (exact) mass is 582 g/mol. The highest BCUT2D eigenvalue weighted by Gasteiger charge is 2.37. The van der Waals surface area contributed by atoms with Crippen molar-refractivity contribution in [2.24, 2.45) is 0 Å². The Morgan fingerprint density at radius 1 is 1.07 bits per heavy atom. The number of amides is 2. The van der Waals surface area contributed by atoms with Gasteiger partial charge in [0.25, 0.3) is 0 Å². The molecule has 0 N–H and O–H groups in total. The molecule has 1 aromatic heterocycles. The highest BCUT2D eigenvalue weighted by Crippen LogP contribution is 2.33. The number of imidazole rings is 1. The molecule has 0 saturated carbocycles. The molecule has 2 atom stereocenters. The Labute approximate surface area is 245 Å². The van der Waals surface area contributed by atoms with Crippen LogP contribution in [-0.4, -0.2) is 62.6 Å². The van der Waals surface area contributed by atoms with E-state index in [9.17, 15) is 9.59 Å². The number of piperidine rings is 1. The van der Waals surface area contributed by atoms with E-state index in [0.717, 1.165) is 41.4 Å². The summed E-state index contributed by atoms with van der Waals surface area (Å²) in [7, 11) is 0. The topological polar surface area (TPSA) is 67.7 Å². The molecule has 2 aliphatic heterocycles. The number of rotatable bonds is 4. The molecule has 2 aliphatic rings. The largest absolute Gasteiger partial charge is 0.444 e. The third-order valence-corrected chi connectivity index (χ3v) is 8.27. The molecule has 0 radical (unpaired) electrons. The average Bonchev–Trinajstić information content (AvgIpc) is 3.35. The van der Waals surface area contributed by atoms with Crippen LogP contribution in [0.1, 0.15) is 70.5 Å². The van der Waals surface area contributed by atoms with Crippen LogP contribution < -0.4 is 0 Å². The van der Waals surface area contributed by atoms with Gasteiger partial charge in [0, 0.05) is 29.7 Å². The summed E-state index contributed by atoms with van der Waals surface area (Å²) in [5.74, 6) is 0.00283. The Balaban J connectivity index is 1.32. The number of aromatic nitrogens is 2. The van der Waals surface area contributed by atoms with Crippen LogP contribution in [0.15, 0.2) is 48.8 Å². The molecule has 2 aromatic carbocycles. The minimum Gasteiger partial charge on any atom is -0.444 e. The van der Waals surface area contributed by atoms with Crippen molar-refractivity contribution >= 4 is 51.8 Å². The Morgan fingerprint density at radius 3 is 2.58 bits per heavy atom. The van der Waals surface area contributed by atoms with Crippen LogP contribution in [-0.2, 0) is 9.53 Å². The fourth-order valence-electron chi connectivity index (χ4n) is 5.59. The van der Waals surface area contributed by atoms with Gasteiger partial charge in [-0.1, -0.05) is 41.4 Å². The van der Waals surface area contributed by atoms with Crippen molar-refractivity contribution in [1.29, 1.82) is 0 Å². The molecule has 0 unspecified atom stereocenters. The van der Waals surface area contributed by atoms with Gasteiger partial charge >= 0.3 is 6.09 Å². The van der Waals surface area contributed by atoms with E-state index in [1.54, 1.807) is 11.0 Å². The summed E-state index contributed by atoms with van der Waals surface area (Å²) >= 11 is 12.6. The van der Waals surface area contributed by atoms with Crippen molar-refractivity contribution in [3.8, 4) is 0 Å². The third-order valence-electron chi connectivity index (χ3n) is 7.71. The van der Waals surface area contributed by atoms with Crippen molar-refractivity contribution in [3.63, 3.8) is 0 Å². The van der Waals surface area contributed by atoms with Crippen LogP contribution >= 0.6 is 23.2 Å². The second-order valence-electron chi connectivity index (χ2n) is 11.6. The molecular weight excluding hydrogens is 547 g/mol. The highest BCUT2D eigenvalue weighted by atomic mass is 35.5. The zero-order valence-corrected chi connectivity index (χ0v) is 25.0. The molecular formula is C31H36Cl2N4O3. The summed E-state index contributed by atoms with van der Waals surface area (Å²) in [6.07, 6.45) is 6.79. The van der Waals surface area contributed by atoms with Crippen molar-refractivity contribution in [1.82, 2.24) is 19.4 Å². The van der Waals surface area contributed by atoms with Crippen molar-refractivity contribution < 1.29 is 14.3 Å². The van der Waals surface area contributed by atoms with Gasteiger partial charge in [-0.2, -0.15) is 0 Å². The van der Waals surface area contributed by atoms with Gasteiger partial charge in [-0.15, -0.1) is 0 Å². The number of nitrogens with zero attached hydrogens (tertiary/aromatic N) is 4. The normalized spacial score (nSPS) is 18.9. The van der Waals surface area contributed by atoms with Crippen molar-refractivity contribution in [3.05, 3.63) is 70.0 Å². The van der Waals surface area contributed by atoms with E-state index in [0.29, 0.717) is 36.1 Å². The number of halogens is 2. The van der Waals surface area contributed by atoms with Gasteiger partial charge in [0.1, 0.15) is 11.6 Å². The first-order valence-corrected chi connectivity index (χ1v) is 14.7. The van der Waals surface area contributed by atoms with E-state index < -0.39 is 17.7 Å². The predicted molar refractivity (Wildman–Crippen MR) is 160 cm³/mol. The van der Waals surface area contributed by atoms with Gasteiger partial charge in [0.05, 0.1) is 23.4 Å². The van der Waals surface area contributed by atoms with Gasteiger partial charge in [-0.3, -0.25) is 9.69 Å². The molecule has 5 rings (SSSR count). The Bertz CT molecular complexity index is 1460. The van der Waals surface area contributed by atoms with Crippen molar-refractivity contribution in [2.75, 3.05) is 19.6 Å². The number of carbonyl (C=O) groups is 2. The summed E-state index contributed by atoms with van der Waals surface area (Å²) < 4.78 is 7.73. The lowest BCUT2D eigenvalue weighted by Gasteiger charge is -2.39. The number of hydrogen-bond acceptors (Lipinski definition) is 4. The van der Waals surface area contributed by atoms with Crippen LogP contribution in [0.3, 0.4) is 0 Å². The predicted octanol–water partition coefficient (Wildman–Crippen LogP) is 7.36. The fourth-order valence-corrected chi connectivity index (χ4v) is 6.16. The van der Waals surface area contributed by atoms with E-state index in [1.165, 1.54) is 5.57 Å². The van der Waals surface area contributed by atoms with Crippen LogP contribution in [0, 0.1) is 0 Å². The second-order valence-corrected chi connectivity index (χ2v) is 12.5. The minimum atomic E-state index is -0.597. The molecule has 212 valence electrons. The zero-order chi connectivity index (χ0) is 28.6. The standard InChI is InChI=1S/C31H36Cl2N4O3/c1-20(24-10-9-23(32)18-25(24)33)37-19-34-26-11-8-22(17-28(26)37)21-12-15-35(16-13-21)29(38)27-7-5-6-14-36(27)30(39)40-31(2,3)4/h8-12,17-20,27H,5-7,13-16H2,1-4H3/t20-,27-/m1/s1. The van der Waals surface area contributed by atoms with Gasteiger partial charge in [0.15, 0.2) is 0 Å².